The second kappa shape index (κ2) is 13.4. The minimum atomic E-state index is -0.0699. The van der Waals surface area contributed by atoms with Gasteiger partial charge in [0.15, 0.2) is 0 Å². The minimum Gasteiger partial charge on any atom is -0.309 e. The third-order valence-corrected chi connectivity index (χ3v) is 11.7. The zero-order valence-electron chi connectivity index (χ0n) is 34.0. The number of rotatable bonds is 5. The van der Waals surface area contributed by atoms with E-state index in [4.69, 9.17) is 9.97 Å². The standard InChI is InChI=1S/C54H46N4/c1-53(2,3)45-27-25-37(57-49-19-11-7-15-39(49)40-16-8-12-20-50(40)57)31-43(45)47-29-23-35(33-55-47)36-24-30-48(56-34-36)44-32-38(26-28-46(44)54(4,5)6)58-51-21-13-9-17-41(51)42-18-10-14-22-52(42)58/h7-34H,1-6H3. The molecule has 4 heteroatoms. The normalized spacial score (nSPS) is 12.3. The van der Waals surface area contributed by atoms with Gasteiger partial charge in [0.1, 0.15) is 0 Å². The van der Waals surface area contributed by atoms with Gasteiger partial charge in [0, 0.05) is 67.6 Å². The van der Waals surface area contributed by atoms with E-state index in [9.17, 15) is 0 Å². The predicted molar refractivity (Wildman–Crippen MR) is 244 cm³/mol. The van der Waals surface area contributed by atoms with Crippen molar-refractivity contribution in [2.45, 2.75) is 52.4 Å². The molecule has 10 aromatic rings. The molecule has 0 fully saturated rings. The summed E-state index contributed by atoms with van der Waals surface area (Å²) in [6, 6.07) is 57.1. The largest absolute Gasteiger partial charge is 0.309 e. The van der Waals surface area contributed by atoms with Gasteiger partial charge in [-0.2, -0.15) is 0 Å². The Morgan fingerprint density at radius 2 is 0.690 bits per heavy atom. The van der Waals surface area contributed by atoms with Crippen LogP contribution in [0.3, 0.4) is 0 Å². The highest BCUT2D eigenvalue weighted by Crippen LogP contribution is 2.40. The number of para-hydroxylation sites is 4. The van der Waals surface area contributed by atoms with E-state index < -0.39 is 0 Å². The van der Waals surface area contributed by atoms with Gasteiger partial charge in [-0.1, -0.05) is 139 Å². The second-order valence-electron chi connectivity index (χ2n) is 17.6. The van der Waals surface area contributed by atoms with E-state index in [2.05, 4.69) is 208 Å². The summed E-state index contributed by atoms with van der Waals surface area (Å²) < 4.78 is 4.76. The van der Waals surface area contributed by atoms with E-state index in [1.54, 1.807) is 0 Å². The van der Waals surface area contributed by atoms with Crippen molar-refractivity contribution in [1.29, 1.82) is 0 Å². The Balaban J connectivity index is 1.02. The van der Waals surface area contributed by atoms with Gasteiger partial charge in [-0.05, 0) is 82.6 Å². The fraction of sp³-hybridized carbons (Fsp3) is 0.148. The van der Waals surface area contributed by atoms with Gasteiger partial charge in [0.2, 0.25) is 0 Å². The molecule has 0 bridgehead atoms. The van der Waals surface area contributed by atoms with Crippen LogP contribution in [0, 0.1) is 0 Å². The van der Waals surface area contributed by atoms with Crippen LogP contribution >= 0.6 is 0 Å². The zero-order valence-corrected chi connectivity index (χ0v) is 34.0. The van der Waals surface area contributed by atoms with Crippen molar-refractivity contribution in [1.82, 2.24) is 19.1 Å². The lowest BCUT2D eigenvalue weighted by atomic mass is 9.82. The Kier molecular flexibility index (Phi) is 8.24. The lowest BCUT2D eigenvalue weighted by Crippen LogP contribution is -2.13. The highest BCUT2D eigenvalue weighted by atomic mass is 15.0. The van der Waals surface area contributed by atoms with Gasteiger partial charge in [-0.25, -0.2) is 0 Å². The van der Waals surface area contributed by atoms with E-state index in [1.165, 1.54) is 54.7 Å². The summed E-state index contributed by atoms with van der Waals surface area (Å²) in [6.45, 7) is 13.7. The van der Waals surface area contributed by atoms with Gasteiger partial charge in [-0.3, -0.25) is 9.97 Å². The molecule has 282 valence electrons. The second-order valence-corrected chi connectivity index (χ2v) is 17.6. The summed E-state index contributed by atoms with van der Waals surface area (Å²) in [5, 5.41) is 5.03. The molecular weight excluding hydrogens is 705 g/mol. The molecule has 0 aliphatic carbocycles. The molecule has 0 N–H and O–H groups in total. The van der Waals surface area contributed by atoms with Crippen LogP contribution in [0.25, 0.3) is 88.6 Å². The first-order valence-corrected chi connectivity index (χ1v) is 20.2. The van der Waals surface area contributed by atoms with Crippen LogP contribution in [0.5, 0.6) is 0 Å². The van der Waals surface area contributed by atoms with Gasteiger partial charge in [-0.15, -0.1) is 0 Å². The Hall–Kier alpha value is -6.78. The smallest absolute Gasteiger partial charge is 0.0706 e. The molecule has 4 heterocycles. The zero-order chi connectivity index (χ0) is 39.8. The van der Waals surface area contributed by atoms with Crippen LogP contribution in [-0.2, 0) is 10.8 Å². The first-order valence-electron chi connectivity index (χ1n) is 20.2. The van der Waals surface area contributed by atoms with Crippen molar-refractivity contribution in [2.24, 2.45) is 0 Å². The number of pyridine rings is 2. The van der Waals surface area contributed by atoms with Crippen LogP contribution in [-0.4, -0.2) is 19.1 Å². The van der Waals surface area contributed by atoms with Gasteiger partial charge >= 0.3 is 0 Å². The fourth-order valence-corrected chi connectivity index (χ4v) is 8.92. The summed E-state index contributed by atoms with van der Waals surface area (Å²) in [4.78, 5) is 10.2. The van der Waals surface area contributed by atoms with Gasteiger partial charge < -0.3 is 9.13 Å². The SMILES string of the molecule is CC(C)(C)c1ccc(-n2c3ccccc3c3ccccc32)cc1-c1ccc(-c2ccc(-c3cc(-n4c5ccccc5c5ccccc54)ccc3C(C)(C)C)nc2)cn1. The van der Waals surface area contributed by atoms with Crippen molar-refractivity contribution in [3.8, 4) is 45.0 Å². The molecule has 10 rings (SSSR count). The van der Waals surface area contributed by atoms with Gasteiger partial charge in [0.05, 0.1) is 33.5 Å². The lowest BCUT2D eigenvalue weighted by Gasteiger charge is -2.24. The molecule has 6 aromatic carbocycles. The Labute approximate surface area is 340 Å². The van der Waals surface area contributed by atoms with Crippen molar-refractivity contribution in [3.05, 3.63) is 181 Å². The van der Waals surface area contributed by atoms with Crippen molar-refractivity contribution < 1.29 is 0 Å². The molecule has 4 aromatic heterocycles. The molecule has 0 unspecified atom stereocenters. The fourth-order valence-electron chi connectivity index (χ4n) is 8.92. The Morgan fingerprint density at radius 1 is 0.362 bits per heavy atom. The van der Waals surface area contributed by atoms with Crippen LogP contribution in [0.2, 0.25) is 0 Å². The molecule has 58 heavy (non-hydrogen) atoms. The number of hydrogen-bond donors (Lipinski definition) is 0. The molecule has 4 nitrogen and oxygen atoms in total. The Morgan fingerprint density at radius 3 is 0.983 bits per heavy atom. The summed E-state index contributed by atoms with van der Waals surface area (Å²) in [5.74, 6) is 0. The molecule has 0 saturated carbocycles. The number of aromatic nitrogens is 4. The van der Waals surface area contributed by atoms with Gasteiger partial charge in [0.25, 0.3) is 0 Å². The van der Waals surface area contributed by atoms with Crippen molar-refractivity contribution in [2.75, 3.05) is 0 Å². The molecule has 0 aliphatic heterocycles. The van der Waals surface area contributed by atoms with E-state index in [1.807, 2.05) is 12.4 Å². The molecular formula is C54H46N4. The average molecular weight is 751 g/mol. The number of benzene rings is 6. The topological polar surface area (TPSA) is 35.6 Å². The van der Waals surface area contributed by atoms with Crippen LogP contribution in [0.4, 0.5) is 0 Å². The third kappa shape index (κ3) is 5.90. The summed E-state index contributed by atoms with van der Waals surface area (Å²) in [6.07, 6.45) is 3.99. The van der Waals surface area contributed by atoms with Crippen LogP contribution in [0.1, 0.15) is 52.7 Å². The minimum absolute atomic E-state index is 0.0699. The van der Waals surface area contributed by atoms with Crippen LogP contribution in [0.15, 0.2) is 170 Å². The number of nitrogens with zero attached hydrogens (tertiary/aromatic N) is 4. The third-order valence-electron chi connectivity index (χ3n) is 11.7. The van der Waals surface area contributed by atoms with E-state index in [-0.39, 0.29) is 10.8 Å². The maximum atomic E-state index is 5.12. The monoisotopic (exact) mass is 750 g/mol. The van der Waals surface area contributed by atoms with E-state index in [0.29, 0.717) is 0 Å². The average Bonchev–Trinajstić information content (AvgIpc) is 3.76. The number of fused-ring (bicyclic) bond motifs is 6. The summed E-state index contributed by atoms with van der Waals surface area (Å²) in [7, 11) is 0. The van der Waals surface area contributed by atoms with Crippen molar-refractivity contribution in [3.63, 3.8) is 0 Å². The molecule has 0 radical (unpaired) electrons. The maximum absolute atomic E-state index is 5.12. The highest BCUT2D eigenvalue weighted by Gasteiger charge is 2.23. The highest BCUT2D eigenvalue weighted by molar-refractivity contribution is 6.10. The van der Waals surface area contributed by atoms with E-state index in [0.717, 1.165) is 45.0 Å². The first kappa shape index (κ1) is 35.6. The molecule has 0 aliphatic rings. The predicted octanol–water partition coefficient (Wildman–Crippen LogP) is 14.3. The molecule has 0 atom stereocenters. The van der Waals surface area contributed by atoms with Crippen LogP contribution < -0.4 is 0 Å². The lowest BCUT2D eigenvalue weighted by molar-refractivity contribution is 0.591. The van der Waals surface area contributed by atoms with Crippen molar-refractivity contribution >= 4 is 43.6 Å². The molecule has 0 saturated heterocycles. The summed E-state index contributed by atoms with van der Waals surface area (Å²) in [5.41, 5.74) is 15.7. The summed E-state index contributed by atoms with van der Waals surface area (Å²) >= 11 is 0. The molecule has 0 amide bonds. The number of hydrogen-bond acceptors (Lipinski definition) is 2. The Bertz CT molecular complexity index is 2840. The quantitative estimate of drug-likeness (QED) is 0.176. The first-order chi connectivity index (χ1) is 28.0. The van der Waals surface area contributed by atoms with E-state index >= 15 is 0 Å². The molecule has 0 spiro atoms. The maximum Gasteiger partial charge on any atom is 0.0706 e.